The van der Waals surface area contributed by atoms with Crippen LogP contribution in [-0.2, 0) is 22.8 Å². The number of alkyl halides is 3. The molecule has 0 aliphatic rings. The van der Waals surface area contributed by atoms with Crippen LogP contribution in [0, 0.1) is 0 Å². The summed E-state index contributed by atoms with van der Waals surface area (Å²) in [5.41, 5.74) is -1.04. The van der Waals surface area contributed by atoms with E-state index in [4.69, 9.17) is 9.84 Å². The maximum atomic E-state index is 13.5. The highest BCUT2D eigenvalue weighted by Gasteiger charge is 2.36. The number of aliphatic hydroxyl groups is 2. The molecule has 0 aliphatic carbocycles. The van der Waals surface area contributed by atoms with Gasteiger partial charge in [0.1, 0.15) is 12.4 Å². The van der Waals surface area contributed by atoms with Crippen LogP contribution < -0.4 is 9.04 Å². The van der Waals surface area contributed by atoms with Crippen molar-refractivity contribution < 1.29 is 46.4 Å². The highest BCUT2D eigenvalue weighted by Crippen LogP contribution is 2.39. The van der Waals surface area contributed by atoms with Crippen LogP contribution >= 0.6 is 0 Å². The van der Waals surface area contributed by atoms with E-state index < -0.39 is 52.7 Å². The first-order chi connectivity index (χ1) is 17.0. The van der Waals surface area contributed by atoms with E-state index >= 15 is 0 Å². The first kappa shape index (κ1) is 27.0. The summed E-state index contributed by atoms with van der Waals surface area (Å²) < 4.78 is 73.5. The van der Waals surface area contributed by atoms with Crippen molar-refractivity contribution in [1.82, 2.24) is 0 Å². The van der Waals surface area contributed by atoms with Crippen molar-refractivity contribution in [2.45, 2.75) is 23.7 Å². The summed E-state index contributed by atoms with van der Waals surface area (Å²) in [7, 11) is -4.46. The van der Waals surface area contributed by atoms with Gasteiger partial charge in [0.25, 0.3) is 10.0 Å². The zero-order valence-corrected chi connectivity index (χ0v) is 19.4. The van der Waals surface area contributed by atoms with E-state index in [0.29, 0.717) is 22.0 Å². The standard InChI is InChI=1S/C24H22F3NO7S/c25-24(26,27)18-10-11-21(22(12-18)35-15-16-6-8-17(9-7-16)23(31)32)28(19(13-29)14-30)36(33,34)20-4-2-1-3-5-20/h1-12,19,29-30H,13-15H2,(H,31,32). The molecule has 0 saturated heterocycles. The number of hydrogen-bond acceptors (Lipinski definition) is 6. The molecule has 3 N–H and O–H groups in total. The Kier molecular flexibility index (Phi) is 8.23. The van der Waals surface area contributed by atoms with Gasteiger partial charge in [0.15, 0.2) is 0 Å². The molecule has 0 fully saturated rings. The molecule has 12 heteroatoms. The minimum atomic E-state index is -4.77. The second kappa shape index (κ2) is 11.0. The fourth-order valence-corrected chi connectivity index (χ4v) is 4.99. The zero-order valence-electron chi connectivity index (χ0n) is 18.6. The van der Waals surface area contributed by atoms with Crippen LogP contribution in [0.2, 0.25) is 0 Å². The van der Waals surface area contributed by atoms with Crippen molar-refractivity contribution in [3.63, 3.8) is 0 Å². The van der Waals surface area contributed by atoms with E-state index in [1.165, 1.54) is 48.5 Å². The number of benzene rings is 3. The number of aromatic carboxylic acids is 1. The number of nitrogens with zero attached hydrogens (tertiary/aromatic N) is 1. The Morgan fingerprint density at radius 1 is 0.944 bits per heavy atom. The first-order valence-electron chi connectivity index (χ1n) is 10.5. The van der Waals surface area contributed by atoms with Crippen LogP contribution in [0.15, 0.2) is 77.7 Å². The van der Waals surface area contributed by atoms with Crippen LogP contribution in [0.5, 0.6) is 5.75 Å². The van der Waals surface area contributed by atoms with Gasteiger partial charge in [0.2, 0.25) is 0 Å². The minimum Gasteiger partial charge on any atom is -0.487 e. The molecular formula is C24H22F3NO7S. The molecule has 0 spiro atoms. The maximum Gasteiger partial charge on any atom is 0.416 e. The average molecular weight is 526 g/mol. The summed E-state index contributed by atoms with van der Waals surface area (Å²) in [5, 5.41) is 28.6. The van der Waals surface area contributed by atoms with Gasteiger partial charge in [-0.2, -0.15) is 13.2 Å². The first-order valence-corrected chi connectivity index (χ1v) is 11.9. The Hall–Kier alpha value is -3.61. The number of anilines is 1. The molecular weight excluding hydrogens is 503 g/mol. The third-order valence-corrected chi connectivity index (χ3v) is 7.05. The normalized spacial score (nSPS) is 11.9. The van der Waals surface area contributed by atoms with Gasteiger partial charge in [-0.3, -0.25) is 4.31 Å². The molecule has 0 heterocycles. The van der Waals surface area contributed by atoms with Gasteiger partial charge >= 0.3 is 12.1 Å². The van der Waals surface area contributed by atoms with Crippen molar-refractivity contribution in [2.24, 2.45) is 0 Å². The largest absolute Gasteiger partial charge is 0.487 e. The molecule has 3 rings (SSSR count). The van der Waals surface area contributed by atoms with E-state index in [1.54, 1.807) is 6.07 Å². The van der Waals surface area contributed by atoms with E-state index in [2.05, 4.69) is 0 Å². The zero-order chi connectivity index (χ0) is 26.5. The van der Waals surface area contributed by atoms with Crippen molar-refractivity contribution in [3.8, 4) is 5.75 Å². The molecule has 0 bridgehead atoms. The molecule has 36 heavy (non-hydrogen) atoms. The lowest BCUT2D eigenvalue weighted by Gasteiger charge is -2.32. The number of hydrogen-bond donors (Lipinski definition) is 3. The summed E-state index contributed by atoms with van der Waals surface area (Å²) in [6.45, 7) is -1.99. The average Bonchev–Trinajstić information content (AvgIpc) is 2.86. The second-order valence-corrected chi connectivity index (χ2v) is 9.42. The molecule has 0 amide bonds. The fourth-order valence-electron chi connectivity index (χ4n) is 3.33. The SMILES string of the molecule is O=C(O)c1ccc(COc2cc(C(F)(F)F)ccc2N(C(CO)CO)S(=O)(=O)c2ccccc2)cc1. The highest BCUT2D eigenvalue weighted by atomic mass is 32.2. The monoisotopic (exact) mass is 525 g/mol. The number of carboxylic acids is 1. The van der Waals surface area contributed by atoms with Gasteiger partial charge in [-0.15, -0.1) is 0 Å². The maximum absolute atomic E-state index is 13.5. The molecule has 0 radical (unpaired) electrons. The predicted octanol–water partition coefficient (Wildman–Crippen LogP) is 3.53. The van der Waals surface area contributed by atoms with Crippen molar-refractivity contribution in [2.75, 3.05) is 17.5 Å². The number of carboxylic acid groups (broad SMARTS) is 1. The van der Waals surface area contributed by atoms with E-state index in [9.17, 15) is 36.6 Å². The Morgan fingerprint density at radius 3 is 2.08 bits per heavy atom. The van der Waals surface area contributed by atoms with Gasteiger partial charge in [-0.05, 0) is 48.0 Å². The number of carbonyl (C=O) groups is 1. The summed E-state index contributed by atoms with van der Waals surface area (Å²) in [6.07, 6.45) is -4.77. The van der Waals surface area contributed by atoms with E-state index in [0.717, 1.165) is 6.07 Å². The lowest BCUT2D eigenvalue weighted by molar-refractivity contribution is -0.137. The molecule has 0 atom stereocenters. The van der Waals surface area contributed by atoms with Crippen molar-refractivity contribution in [3.05, 3.63) is 89.5 Å². The molecule has 0 unspecified atom stereocenters. The summed E-state index contributed by atoms with van der Waals surface area (Å²) >= 11 is 0. The Balaban J connectivity index is 2.11. The second-order valence-electron chi connectivity index (χ2n) is 7.60. The number of halogens is 3. The van der Waals surface area contributed by atoms with Crippen LogP contribution in [0.4, 0.5) is 18.9 Å². The number of ether oxygens (including phenoxy) is 1. The summed E-state index contributed by atoms with van der Waals surface area (Å²) in [6, 6.07) is 13.1. The van der Waals surface area contributed by atoms with Gasteiger partial charge in [0, 0.05) is 0 Å². The van der Waals surface area contributed by atoms with Crippen LogP contribution in [-0.4, -0.2) is 49.0 Å². The molecule has 3 aromatic rings. The van der Waals surface area contributed by atoms with Crippen LogP contribution in [0.1, 0.15) is 21.5 Å². The molecule has 0 aliphatic heterocycles. The molecule has 8 nitrogen and oxygen atoms in total. The number of aliphatic hydroxyl groups excluding tert-OH is 2. The topological polar surface area (TPSA) is 124 Å². The van der Waals surface area contributed by atoms with Crippen LogP contribution in [0.25, 0.3) is 0 Å². The van der Waals surface area contributed by atoms with Gasteiger partial charge in [-0.25, -0.2) is 13.2 Å². The Bertz CT molecular complexity index is 1290. The Morgan fingerprint density at radius 2 is 1.56 bits per heavy atom. The minimum absolute atomic E-state index is 0.00706. The van der Waals surface area contributed by atoms with E-state index in [-0.39, 0.29) is 22.8 Å². The smallest absolute Gasteiger partial charge is 0.416 e. The number of sulfonamides is 1. The fraction of sp³-hybridized carbons (Fsp3) is 0.208. The molecule has 0 saturated carbocycles. The van der Waals surface area contributed by atoms with E-state index in [1.807, 2.05) is 0 Å². The third kappa shape index (κ3) is 5.96. The third-order valence-electron chi connectivity index (χ3n) is 5.17. The van der Waals surface area contributed by atoms with Crippen LogP contribution in [0.3, 0.4) is 0 Å². The van der Waals surface area contributed by atoms with Crippen molar-refractivity contribution >= 4 is 21.7 Å². The summed E-state index contributed by atoms with van der Waals surface area (Å²) in [5.74, 6) is -1.64. The molecule has 192 valence electrons. The van der Waals surface area contributed by atoms with Gasteiger partial charge < -0.3 is 20.1 Å². The summed E-state index contributed by atoms with van der Waals surface area (Å²) in [4.78, 5) is 10.8. The lowest BCUT2D eigenvalue weighted by Crippen LogP contribution is -2.45. The Labute approximate surface area is 204 Å². The quantitative estimate of drug-likeness (QED) is 0.370. The van der Waals surface area contributed by atoms with Gasteiger partial charge in [0.05, 0.1) is 41.0 Å². The highest BCUT2D eigenvalue weighted by molar-refractivity contribution is 7.92. The molecule has 0 aromatic heterocycles. The predicted molar refractivity (Wildman–Crippen MR) is 123 cm³/mol. The van der Waals surface area contributed by atoms with Gasteiger partial charge in [-0.1, -0.05) is 30.3 Å². The lowest BCUT2D eigenvalue weighted by atomic mass is 10.1. The molecule has 3 aromatic carbocycles. The van der Waals surface area contributed by atoms with Crippen molar-refractivity contribution in [1.29, 1.82) is 0 Å². The number of rotatable bonds is 10.